The predicted molar refractivity (Wildman–Crippen MR) is 164 cm³/mol. The first kappa shape index (κ1) is 28.7. The molecule has 1 spiro atoms. The Bertz CT molecular complexity index is 1370. The second-order valence-electron chi connectivity index (χ2n) is 13.7. The zero-order valence-electron chi connectivity index (χ0n) is 25.7. The summed E-state index contributed by atoms with van der Waals surface area (Å²) >= 11 is 0. The van der Waals surface area contributed by atoms with Gasteiger partial charge in [0.05, 0.1) is 6.04 Å². The van der Waals surface area contributed by atoms with Crippen LogP contribution in [0.3, 0.4) is 0 Å². The Hall–Kier alpha value is -3.06. The summed E-state index contributed by atoms with van der Waals surface area (Å²) in [6, 6.07) is 12.5. The van der Waals surface area contributed by atoms with Crippen molar-refractivity contribution in [2.24, 2.45) is 11.8 Å². The van der Waals surface area contributed by atoms with Crippen LogP contribution in [0.1, 0.15) is 88.3 Å². The summed E-state index contributed by atoms with van der Waals surface area (Å²) in [6.07, 6.45) is 10.7. The van der Waals surface area contributed by atoms with E-state index in [9.17, 15) is 14.7 Å². The number of phenolic OH excluding ortho intramolecular Hbond substituents is 1. The summed E-state index contributed by atoms with van der Waals surface area (Å²) in [6.45, 7) is 6.27. The fraction of sp³-hybridized carbons (Fsp3) is 0.611. The average Bonchev–Trinajstić information content (AvgIpc) is 3.75. The first-order valence-electron chi connectivity index (χ1n) is 16.7. The van der Waals surface area contributed by atoms with Crippen molar-refractivity contribution in [3.63, 3.8) is 0 Å². The Morgan fingerprint density at radius 3 is 2.67 bits per heavy atom. The Balaban J connectivity index is 1.14. The highest BCUT2D eigenvalue weighted by Gasteiger charge is 2.67. The molecule has 0 aromatic heterocycles. The van der Waals surface area contributed by atoms with E-state index in [0.29, 0.717) is 36.4 Å². The van der Waals surface area contributed by atoms with E-state index in [2.05, 4.69) is 41.0 Å². The molecule has 5 aliphatic rings. The molecule has 7 rings (SSSR count). The largest absolute Gasteiger partial charge is 0.508 e. The van der Waals surface area contributed by atoms with Crippen LogP contribution in [0.2, 0.25) is 0 Å². The van der Waals surface area contributed by atoms with E-state index < -0.39 is 5.97 Å². The van der Waals surface area contributed by atoms with Crippen LogP contribution in [0.25, 0.3) is 0 Å². The van der Waals surface area contributed by atoms with Gasteiger partial charge in [0.15, 0.2) is 11.5 Å². The third-order valence-electron chi connectivity index (χ3n) is 11.2. The number of phenols is 1. The van der Waals surface area contributed by atoms with Crippen LogP contribution in [0, 0.1) is 11.8 Å². The second-order valence-corrected chi connectivity index (χ2v) is 13.7. The summed E-state index contributed by atoms with van der Waals surface area (Å²) < 4.78 is 12.6. The van der Waals surface area contributed by atoms with Crippen molar-refractivity contribution < 1.29 is 24.2 Å². The number of piperidine rings is 1. The smallest absolute Gasteiger partial charge is 0.308 e. The number of rotatable bonds is 11. The average molecular weight is 587 g/mol. The van der Waals surface area contributed by atoms with E-state index >= 15 is 0 Å². The van der Waals surface area contributed by atoms with Crippen molar-refractivity contribution in [2.75, 3.05) is 19.6 Å². The number of carbonyl (C=O) groups excluding carboxylic acids is 2. The number of carbonyl (C=O) groups is 2. The first-order chi connectivity index (χ1) is 20.9. The number of hydrogen-bond donors (Lipinski definition) is 1. The number of aromatic hydroxyl groups is 1. The molecule has 230 valence electrons. The maximum Gasteiger partial charge on any atom is 0.308 e. The fourth-order valence-corrected chi connectivity index (χ4v) is 9.23. The molecular weight excluding hydrogens is 540 g/mol. The van der Waals surface area contributed by atoms with Gasteiger partial charge in [-0.3, -0.25) is 14.5 Å². The molecule has 1 N–H and O–H groups in total. The Kier molecular flexibility index (Phi) is 7.65. The van der Waals surface area contributed by atoms with E-state index in [1.165, 1.54) is 25.3 Å². The van der Waals surface area contributed by atoms with Gasteiger partial charge in [-0.25, -0.2) is 0 Å². The zero-order valence-corrected chi connectivity index (χ0v) is 25.7. The van der Waals surface area contributed by atoms with Crippen LogP contribution in [0.15, 0.2) is 36.4 Å². The summed E-state index contributed by atoms with van der Waals surface area (Å²) in [7, 11) is 0. The number of nitrogens with zero attached hydrogens (tertiary/aromatic N) is 2. The van der Waals surface area contributed by atoms with Gasteiger partial charge in [0.2, 0.25) is 5.91 Å². The molecule has 1 amide bonds. The minimum absolute atomic E-state index is 0.0422. The van der Waals surface area contributed by atoms with Crippen molar-refractivity contribution in [3.05, 3.63) is 53.1 Å². The monoisotopic (exact) mass is 586 g/mol. The van der Waals surface area contributed by atoms with Gasteiger partial charge in [-0.15, -0.1) is 0 Å². The highest BCUT2D eigenvalue weighted by Crippen LogP contribution is 2.66. The van der Waals surface area contributed by atoms with E-state index in [4.69, 9.17) is 9.47 Å². The molecule has 2 aromatic rings. The van der Waals surface area contributed by atoms with Crippen LogP contribution >= 0.6 is 0 Å². The van der Waals surface area contributed by atoms with Gasteiger partial charge in [-0.1, -0.05) is 36.8 Å². The minimum Gasteiger partial charge on any atom is -0.508 e. The lowest BCUT2D eigenvalue weighted by molar-refractivity contribution is -0.142. The van der Waals surface area contributed by atoms with E-state index in [1.807, 2.05) is 6.07 Å². The third kappa shape index (κ3) is 5.01. The number of likely N-dealkylation sites (N-methyl/N-ethyl adjacent to an activating group) is 1. The van der Waals surface area contributed by atoms with Crippen molar-refractivity contribution in [1.82, 2.24) is 9.80 Å². The number of aryl methyl sites for hydroxylation is 1. The Labute approximate surface area is 255 Å². The summed E-state index contributed by atoms with van der Waals surface area (Å²) in [4.78, 5) is 30.7. The Morgan fingerprint density at radius 1 is 1.12 bits per heavy atom. The van der Waals surface area contributed by atoms with Crippen molar-refractivity contribution in [3.8, 4) is 17.2 Å². The normalized spacial score (nSPS) is 28.6. The van der Waals surface area contributed by atoms with Gasteiger partial charge in [-0.05, 0) is 88.7 Å². The molecule has 0 unspecified atom stereocenters. The van der Waals surface area contributed by atoms with Crippen LogP contribution in [-0.2, 0) is 27.8 Å². The second kappa shape index (κ2) is 11.5. The molecule has 0 radical (unpaired) electrons. The number of hydrogen-bond acceptors (Lipinski definition) is 6. The highest BCUT2D eigenvalue weighted by molar-refractivity contribution is 5.77. The van der Waals surface area contributed by atoms with Gasteiger partial charge in [-0.2, -0.15) is 0 Å². The Morgan fingerprint density at radius 2 is 1.93 bits per heavy atom. The number of amides is 1. The molecule has 2 aromatic carbocycles. The molecule has 7 nitrogen and oxygen atoms in total. The van der Waals surface area contributed by atoms with E-state index in [-0.39, 0.29) is 29.2 Å². The summed E-state index contributed by atoms with van der Waals surface area (Å²) in [5.41, 5.74) is 3.09. The molecular formula is C36H46N2O5. The van der Waals surface area contributed by atoms with Crippen LogP contribution < -0.4 is 9.47 Å². The van der Waals surface area contributed by atoms with Crippen LogP contribution in [0.4, 0.5) is 0 Å². The zero-order chi connectivity index (χ0) is 29.7. The number of benzene rings is 2. The molecule has 2 bridgehead atoms. The quantitative estimate of drug-likeness (QED) is 0.204. The molecule has 1 saturated heterocycles. The predicted octanol–water partition coefficient (Wildman–Crippen LogP) is 5.79. The van der Waals surface area contributed by atoms with Crippen LogP contribution in [0.5, 0.6) is 17.2 Å². The number of likely N-dealkylation sites (tertiary alicyclic amines) is 1. The number of esters is 1. The molecule has 3 aliphatic carbocycles. The molecule has 2 saturated carbocycles. The summed E-state index contributed by atoms with van der Waals surface area (Å²) in [5.74, 6) is 2.14. The van der Waals surface area contributed by atoms with Gasteiger partial charge in [0.1, 0.15) is 11.9 Å². The maximum absolute atomic E-state index is 13.8. The third-order valence-corrected chi connectivity index (χ3v) is 11.2. The molecule has 5 atom stereocenters. The standard InChI is InChI=1S/C36H46N2O5/c1-3-38(32(41)13-9-5-8-12-24-10-6-4-7-11-24)28-17-16-27-29-20-26-30(40)21-31(42-23(2)39)34-33(26)36(27,35(28)43-34)18-19-37(29)22-25-14-15-25/h4,6-7,10-11,21,25,27-29,35,40H,3,5,8-9,12-20,22H2,1-2H3/t27-,28-,29+,35-,36-/m0/s1. The molecule has 3 fully saturated rings. The molecule has 43 heavy (non-hydrogen) atoms. The van der Waals surface area contributed by atoms with Crippen molar-refractivity contribution in [1.29, 1.82) is 0 Å². The van der Waals surface area contributed by atoms with E-state index in [1.54, 1.807) is 6.07 Å². The van der Waals surface area contributed by atoms with E-state index in [0.717, 1.165) is 81.5 Å². The molecule has 2 aliphatic heterocycles. The van der Waals surface area contributed by atoms with Crippen molar-refractivity contribution in [2.45, 2.75) is 108 Å². The number of ether oxygens (including phenoxy) is 2. The van der Waals surface area contributed by atoms with Gasteiger partial charge >= 0.3 is 5.97 Å². The molecule has 2 heterocycles. The minimum atomic E-state index is -0.426. The van der Waals surface area contributed by atoms with Crippen LogP contribution in [-0.4, -0.2) is 64.6 Å². The lowest BCUT2D eigenvalue weighted by atomic mass is 9.50. The topological polar surface area (TPSA) is 79.3 Å². The lowest BCUT2D eigenvalue weighted by Gasteiger charge is -2.60. The highest BCUT2D eigenvalue weighted by atomic mass is 16.6. The van der Waals surface area contributed by atoms with Gasteiger partial charge in [0.25, 0.3) is 0 Å². The maximum atomic E-state index is 13.8. The molecule has 7 heteroatoms. The lowest BCUT2D eigenvalue weighted by Crippen LogP contribution is -2.69. The summed E-state index contributed by atoms with van der Waals surface area (Å²) in [5, 5.41) is 11.3. The SMILES string of the molecule is CCN(C(=O)CCCCCc1ccccc1)[C@H]1CC[C@H]2[C@H]3Cc4c(O)cc(OC(C)=O)c5c4[C@@]2(CCN3CC2CC2)[C@H]1O5. The van der Waals surface area contributed by atoms with Crippen molar-refractivity contribution >= 4 is 11.9 Å². The fourth-order valence-electron chi connectivity index (χ4n) is 9.23. The first-order valence-corrected chi connectivity index (χ1v) is 16.7. The number of unbranched alkanes of at least 4 members (excludes halogenated alkanes) is 2. The van der Waals surface area contributed by atoms with Gasteiger partial charge in [0, 0.05) is 55.1 Å². The van der Waals surface area contributed by atoms with Gasteiger partial charge < -0.3 is 19.5 Å².